The summed E-state index contributed by atoms with van der Waals surface area (Å²) in [5.74, 6) is 0. The van der Waals surface area contributed by atoms with Gasteiger partial charge in [0.15, 0.2) is 0 Å². The summed E-state index contributed by atoms with van der Waals surface area (Å²) >= 11 is 0. The molecule has 0 amide bonds. The molecule has 3 rings (SSSR count). The van der Waals surface area contributed by atoms with E-state index in [1.54, 1.807) is 0 Å². The molecule has 0 aliphatic carbocycles. The molecule has 0 unspecified atom stereocenters. The molecule has 3 aromatic carbocycles. The van der Waals surface area contributed by atoms with E-state index in [9.17, 15) is 0 Å². The number of fused-ring (bicyclic) bond motifs is 2. The smallest absolute Gasteiger partial charge is 0.0521 e. The third-order valence-electron chi connectivity index (χ3n) is 3.10. The Morgan fingerprint density at radius 1 is 0.882 bits per heavy atom. The molecular formula is C16H14N. The van der Waals surface area contributed by atoms with Gasteiger partial charge in [0.2, 0.25) is 0 Å². The van der Waals surface area contributed by atoms with Crippen LogP contribution in [0.4, 0.5) is 5.69 Å². The lowest BCUT2D eigenvalue weighted by atomic mass is 10.0. The molecule has 0 heterocycles. The molecule has 0 N–H and O–H groups in total. The predicted molar refractivity (Wildman–Crippen MR) is 74.6 cm³/mol. The van der Waals surface area contributed by atoms with Crippen molar-refractivity contribution in [2.45, 2.75) is 0 Å². The highest BCUT2D eigenvalue weighted by molar-refractivity contribution is 6.03. The van der Waals surface area contributed by atoms with Crippen LogP contribution in [0.5, 0.6) is 0 Å². The zero-order valence-corrected chi connectivity index (χ0v) is 10.1. The van der Waals surface area contributed by atoms with Gasteiger partial charge >= 0.3 is 0 Å². The van der Waals surface area contributed by atoms with Crippen LogP contribution in [0.3, 0.4) is 0 Å². The van der Waals surface area contributed by atoms with E-state index >= 15 is 0 Å². The summed E-state index contributed by atoms with van der Waals surface area (Å²) in [7, 11) is 4.11. The molecule has 0 saturated carbocycles. The average Bonchev–Trinajstić information content (AvgIpc) is 2.35. The highest BCUT2D eigenvalue weighted by Crippen LogP contribution is 2.29. The highest BCUT2D eigenvalue weighted by atomic mass is 15.1. The largest absolute Gasteiger partial charge is 0.377 e. The quantitative estimate of drug-likeness (QED) is 0.563. The van der Waals surface area contributed by atoms with Gasteiger partial charge in [-0.25, -0.2) is 0 Å². The molecule has 0 aromatic heterocycles. The number of nitrogens with zero attached hydrogens (tertiary/aromatic N) is 1. The lowest BCUT2D eigenvalue weighted by Crippen LogP contribution is -2.08. The van der Waals surface area contributed by atoms with Crippen LogP contribution >= 0.6 is 0 Å². The summed E-state index contributed by atoms with van der Waals surface area (Å²) < 4.78 is 0. The molecule has 0 bridgehead atoms. The number of benzene rings is 3. The first-order chi connectivity index (χ1) is 8.25. The van der Waals surface area contributed by atoms with E-state index < -0.39 is 0 Å². The first-order valence-corrected chi connectivity index (χ1v) is 5.76. The van der Waals surface area contributed by atoms with E-state index in [0.717, 1.165) is 5.69 Å². The molecule has 0 aliphatic heterocycles. The van der Waals surface area contributed by atoms with E-state index in [4.69, 9.17) is 0 Å². The topological polar surface area (TPSA) is 3.24 Å². The maximum Gasteiger partial charge on any atom is 0.0521 e. The summed E-state index contributed by atoms with van der Waals surface area (Å²) in [6, 6.07) is 20.4. The summed E-state index contributed by atoms with van der Waals surface area (Å²) in [5.41, 5.74) is 1.15. The molecular weight excluding hydrogens is 206 g/mol. The van der Waals surface area contributed by atoms with Crippen molar-refractivity contribution >= 4 is 27.2 Å². The van der Waals surface area contributed by atoms with Crippen LogP contribution in [-0.4, -0.2) is 14.1 Å². The Balaban J connectivity index is 2.43. The second-order valence-electron chi connectivity index (χ2n) is 4.51. The molecule has 17 heavy (non-hydrogen) atoms. The minimum Gasteiger partial charge on any atom is -0.377 e. The SMILES string of the molecule is CN(C)c1[c]ccc2cc3ccccc3cc12. The van der Waals surface area contributed by atoms with Crippen molar-refractivity contribution < 1.29 is 0 Å². The van der Waals surface area contributed by atoms with Crippen LogP contribution in [-0.2, 0) is 0 Å². The number of rotatable bonds is 1. The maximum atomic E-state index is 3.30. The van der Waals surface area contributed by atoms with Crippen molar-refractivity contribution in [3.05, 3.63) is 54.6 Å². The Labute approximate surface area is 101 Å². The van der Waals surface area contributed by atoms with Crippen molar-refractivity contribution in [2.75, 3.05) is 19.0 Å². The van der Waals surface area contributed by atoms with Crippen LogP contribution < -0.4 is 4.90 Å². The van der Waals surface area contributed by atoms with Crippen LogP contribution in [0.25, 0.3) is 21.5 Å². The minimum absolute atomic E-state index is 1.15. The van der Waals surface area contributed by atoms with Gasteiger partial charge in [-0.1, -0.05) is 36.4 Å². The first kappa shape index (κ1) is 10.2. The standard InChI is InChI=1S/C16H14N/c1-17(2)16-9-5-8-14-10-12-6-3-4-7-13(12)11-15(14)16/h3-8,10-11H,1-2H3. The first-order valence-electron chi connectivity index (χ1n) is 5.76. The number of anilines is 1. The average molecular weight is 220 g/mol. The molecule has 83 valence electrons. The third kappa shape index (κ3) is 1.64. The monoisotopic (exact) mass is 220 g/mol. The van der Waals surface area contributed by atoms with Crippen LogP contribution in [0.15, 0.2) is 48.5 Å². The Morgan fingerprint density at radius 2 is 1.59 bits per heavy atom. The van der Waals surface area contributed by atoms with Gasteiger partial charge in [0.1, 0.15) is 0 Å². The Bertz CT molecular complexity index is 683. The molecule has 3 aromatic rings. The summed E-state index contributed by atoms with van der Waals surface area (Å²) in [4.78, 5) is 2.11. The fourth-order valence-corrected chi connectivity index (χ4v) is 2.26. The second kappa shape index (κ2) is 3.77. The lowest BCUT2D eigenvalue weighted by Gasteiger charge is -2.15. The van der Waals surface area contributed by atoms with Crippen molar-refractivity contribution in [2.24, 2.45) is 0 Å². The Morgan fingerprint density at radius 3 is 2.29 bits per heavy atom. The number of hydrogen-bond acceptors (Lipinski definition) is 1. The Kier molecular flexibility index (Phi) is 2.25. The molecule has 1 radical (unpaired) electrons. The number of hydrogen-bond donors (Lipinski definition) is 0. The van der Waals surface area contributed by atoms with E-state index in [1.807, 2.05) is 6.07 Å². The second-order valence-corrected chi connectivity index (χ2v) is 4.51. The normalized spacial score (nSPS) is 10.9. The van der Waals surface area contributed by atoms with E-state index in [2.05, 4.69) is 67.5 Å². The van der Waals surface area contributed by atoms with Crippen LogP contribution in [0.2, 0.25) is 0 Å². The summed E-state index contributed by atoms with van der Waals surface area (Å²) in [6.45, 7) is 0. The zero-order chi connectivity index (χ0) is 11.8. The Hall–Kier alpha value is -2.02. The fraction of sp³-hybridized carbons (Fsp3) is 0.125. The van der Waals surface area contributed by atoms with Crippen molar-refractivity contribution in [1.29, 1.82) is 0 Å². The van der Waals surface area contributed by atoms with Crippen LogP contribution in [0, 0.1) is 6.07 Å². The minimum atomic E-state index is 1.15. The lowest BCUT2D eigenvalue weighted by molar-refractivity contribution is 1.14. The van der Waals surface area contributed by atoms with Crippen LogP contribution in [0.1, 0.15) is 0 Å². The van der Waals surface area contributed by atoms with Crippen molar-refractivity contribution in [1.82, 2.24) is 0 Å². The molecule has 0 aliphatic rings. The van der Waals surface area contributed by atoms with Gasteiger partial charge in [0, 0.05) is 25.5 Å². The van der Waals surface area contributed by atoms with E-state index in [1.165, 1.54) is 21.5 Å². The zero-order valence-electron chi connectivity index (χ0n) is 10.1. The molecule has 0 spiro atoms. The van der Waals surface area contributed by atoms with Gasteiger partial charge in [0.05, 0.1) is 5.69 Å². The molecule has 0 fully saturated rings. The summed E-state index contributed by atoms with van der Waals surface area (Å²) in [6.07, 6.45) is 0. The van der Waals surface area contributed by atoms with Gasteiger partial charge in [-0.3, -0.25) is 0 Å². The summed E-state index contributed by atoms with van der Waals surface area (Å²) in [5, 5.41) is 5.10. The molecule has 1 nitrogen and oxygen atoms in total. The third-order valence-corrected chi connectivity index (χ3v) is 3.10. The van der Waals surface area contributed by atoms with E-state index in [0.29, 0.717) is 0 Å². The van der Waals surface area contributed by atoms with Gasteiger partial charge < -0.3 is 4.90 Å². The van der Waals surface area contributed by atoms with Crippen molar-refractivity contribution in [3.63, 3.8) is 0 Å². The van der Waals surface area contributed by atoms with Gasteiger partial charge in [-0.15, -0.1) is 0 Å². The predicted octanol–water partition coefficient (Wildman–Crippen LogP) is 3.86. The van der Waals surface area contributed by atoms with Gasteiger partial charge in [-0.05, 0) is 28.3 Å². The molecule has 0 saturated heterocycles. The fourth-order valence-electron chi connectivity index (χ4n) is 2.26. The molecule has 0 atom stereocenters. The van der Waals surface area contributed by atoms with Gasteiger partial charge in [-0.2, -0.15) is 0 Å². The van der Waals surface area contributed by atoms with Gasteiger partial charge in [0.25, 0.3) is 0 Å². The maximum absolute atomic E-state index is 3.30. The van der Waals surface area contributed by atoms with Crippen molar-refractivity contribution in [3.8, 4) is 0 Å². The highest BCUT2D eigenvalue weighted by Gasteiger charge is 2.04. The van der Waals surface area contributed by atoms with E-state index in [-0.39, 0.29) is 0 Å². The molecule has 1 heteroatoms.